The van der Waals surface area contributed by atoms with Crippen molar-refractivity contribution in [2.24, 2.45) is 7.05 Å². The zero-order valence-electron chi connectivity index (χ0n) is 14.8. The van der Waals surface area contributed by atoms with E-state index in [1.807, 2.05) is 24.3 Å². The third-order valence-electron chi connectivity index (χ3n) is 4.54. The molecule has 0 spiro atoms. The Bertz CT molecular complexity index is 882. The number of benzene rings is 1. The molecule has 1 aromatic carbocycles. The molecule has 0 atom stereocenters. The SMILES string of the molecule is Cn1nc(C(=O)N2CCCN(Cc3ccc(C#N)cc3)CC2)ccc1=O. The van der Waals surface area contributed by atoms with Crippen molar-refractivity contribution in [3.8, 4) is 6.07 Å². The van der Waals surface area contributed by atoms with E-state index in [2.05, 4.69) is 16.1 Å². The van der Waals surface area contributed by atoms with E-state index in [0.717, 1.165) is 31.6 Å². The summed E-state index contributed by atoms with van der Waals surface area (Å²) in [7, 11) is 1.54. The summed E-state index contributed by atoms with van der Waals surface area (Å²) in [6.45, 7) is 3.78. The molecule has 3 rings (SSSR count). The number of nitrogens with zero attached hydrogens (tertiary/aromatic N) is 5. The second kappa shape index (κ2) is 7.93. The predicted molar refractivity (Wildman–Crippen MR) is 96.4 cm³/mol. The van der Waals surface area contributed by atoms with Crippen molar-refractivity contribution in [3.05, 3.63) is 63.6 Å². The monoisotopic (exact) mass is 351 g/mol. The summed E-state index contributed by atoms with van der Waals surface area (Å²) in [6, 6.07) is 12.6. The predicted octanol–water partition coefficient (Wildman–Crippen LogP) is 1.00. The Morgan fingerprint density at radius 2 is 1.88 bits per heavy atom. The number of nitriles is 1. The molecule has 1 saturated heterocycles. The van der Waals surface area contributed by atoms with Gasteiger partial charge in [-0.05, 0) is 30.2 Å². The molecular formula is C19H21N5O2. The third kappa shape index (κ3) is 4.16. The van der Waals surface area contributed by atoms with Gasteiger partial charge in [-0.2, -0.15) is 10.4 Å². The first-order valence-electron chi connectivity index (χ1n) is 8.62. The molecule has 0 N–H and O–H groups in total. The smallest absolute Gasteiger partial charge is 0.274 e. The highest BCUT2D eigenvalue weighted by molar-refractivity contribution is 5.92. The highest BCUT2D eigenvalue weighted by Gasteiger charge is 2.21. The number of hydrogen-bond donors (Lipinski definition) is 0. The lowest BCUT2D eigenvalue weighted by molar-refractivity contribution is 0.0752. The summed E-state index contributed by atoms with van der Waals surface area (Å²) in [5.41, 5.74) is 1.88. The lowest BCUT2D eigenvalue weighted by Crippen LogP contribution is -2.36. The van der Waals surface area contributed by atoms with Crippen LogP contribution in [-0.4, -0.2) is 51.7 Å². The molecule has 1 fully saturated rings. The lowest BCUT2D eigenvalue weighted by atomic mass is 10.1. The summed E-state index contributed by atoms with van der Waals surface area (Å²) in [4.78, 5) is 28.2. The number of rotatable bonds is 3. The Morgan fingerprint density at radius 1 is 1.12 bits per heavy atom. The van der Waals surface area contributed by atoms with Crippen LogP contribution >= 0.6 is 0 Å². The maximum Gasteiger partial charge on any atom is 0.274 e. The van der Waals surface area contributed by atoms with Gasteiger partial charge in [0.2, 0.25) is 0 Å². The molecule has 2 aromatic rings. The van der Waals surface area contributed by atoms with Gasteiger partial charge in [-0.3, -0.25) is 14.5 Å². The second-order valence-corrected chi connectivity index (χ2v) is 6.41. The van der Waals surface area contributed by atoms with Gasteiger partial charge in [0.1, 0.15) is 5.69 Å². The van der Waals surface area contributed by atoms with Gasteiger partial charge in [-0.1, -0.05) is 12.1 Å². The maximum absolute atomic E-state index is 12.7. The van der Waals surface area contributed by atoms with E-state index in [4.69, 9.17) is 5.26 Å². The molecular weight excluding hydrogens is 330 g/mol. The van der Waals surface area contributed by atoms with Crippen molar-refractivity contribution in [1.82, 2.24) is 19.6 Å². The molecule has 0 radical (unpaired) electrons. The number of amides is 1. The molecule has 7 heteroatoms. The maximum atomic E-state index is 12.7. The van der Waals surface area contributed by atoms with Crippen molar-refractivity contribution >= 4 is 5.91 Å². The molecule has 26 heavy (non-hydrogen) atoms. The van der Waals surface area contributed by atoms with Crippen LogP contribution in [0.1, 0.15) is 28.0 Å². The molecule has 0 unspecified atom stereocenters. The minimum Gasteiger partial charge on any atom is -0.336 e. The van der Waals surface area contributed by atoms with Crippen molar-refractivity contribution in [1.29, 1.82) is 5.26 Å². The Kier molecular flexibility index (Phi) is 5.44. The number of aryl methyl sites for hydroxylation is 1. The minimum absolute atomic E-state index is 0.138. The normalized spacial score (nSPS) is 15.3. The first kappa shape index (κ1) is 17.8. The summed E-state index contributed by atoms with van der Waals surface area (Å²) < 4.78 is 1.18. The largest absolute Gasteiger partial charge is 0.336 e. The van der Waals surface area contributed by atoms with E-state index in [-0.39, 0.29) is 11.5 Å². The Hall–Kier alpha value is -2.98. The van der Waals surface area contributed by atoms with E-state index in [1.54, 1.807) is 11.9 Å². The van der Waals surface area contributed by atoms with E-state index in [1.165, 1.54) is 16.8 Å². The Morgan fingerprint density at radius 3 is 2.58 bits per heavy atom. The lowest BCUT2D eigenvalue weighted by Gasteiger charge is -2.22. The van der Waals surface area contributed by atoms with E-state index >= 15 is 0 Å². The number of aromatic nitrogens is 2. The molecule has 134 valence electrons. The Labute approximate surface area is 152 Å². The fourth-order valence-corrected chi connectivity index (χ4v) is 3.05. The molecule has 0 saturated carbocycles. The van der Waals surface area contributed by atoms with Gasteiger partial charge in [-0.15, -0.1) is 0 Å². The van der Waals surface area contributed by atoms with Crippen LogP contribution < -0.4 is 5.56 Å². The molecule has 1 amide bonds. The van der Waals surface area contributed by atoms with E-state index in [9.17, 15) is 9.59 Å². The topological polar surface area (TPSA) is 82.2 Å². The molecule has 0 bridgehead atoms. The van der Waals surface area contributed by atoms with Crippen LogP contribution in [0.2, 0.25) is 0 Å². The zero-order chi connectivity index (χ0) is 18.5. The van der Waals surface area contributed by atoms with Crippen LogP contribution in [0.4, 0.5) is 0 Å². The highest BCUT2D eigenvalue weighted by Crippen LogP contribution is 2.11. The standard InChI is InChI=1S/C19H21N5O2/c1-22-18(25)8-7-17(21-22)19(26)24-10-2-9-23(11-12-24)14-16-5-3-15(13-20)4-6-16/h3-8H,2,9-12,14H2,1H3. The molecule has 1 aliphatic rings. The number of carbonyl (C=O) groups is 1. The first-order valence-corrected chi connectivity index (χ1v) is 8.62. The molecule has 1 aliphatic heterocycles. The number of hydrogen-bond acceptors (Lipinski definition) is 5. The minimum atomic E-state index is -0.231. The van der Waals surface area contributed by atoms with Gasteiger partial charge < -0.3 is 4.90 Å². The zero-order valence-corrected chi connectivity index (χ0v) is 14.8. The van der Waals surface area contributed by atoms with Crippen LogP contribution in [0.25, 0.3) is 0 Å². The Balaban J connectivity index is 1.62. The third-order valence-corrected chi connectivity index (χ3v) is 4.54. The second-order valence-electron chi connectivity index (χ2n) is 6.41. The molecule has 7 nitrogen and oxygen atoms in total. The molecule has 0 aliphatic carbocycles. The number of carbonyl (C=O) groups excluding carboxylic acids is 1. The average Bonchev–Trinajstić information content (AvgIpc) is 2.89. The molecule has 1 aromatic heterocycles. The first-order chi connectivity index (χ1) is 12.6. The summed E-state index contributed by atoms with van der Waals surface area (Å²) in [5.74, 6) is -0.138. The van der Waals surface area contributed by atoms with Crippen LogP contribution in [0.5, 0.6) is 0 Å². The van der Waals surface area contributed by atoms with Gasteiger partial charge >= 0.3 is 0 Å². The van der Waals surface area contributed by atoms with Crippen LogP contribution in [-0.2, 0) is 13.6 Å². The van der Waals surface area contributed by atoms with Gasteiger partial charge in [0.15, 0.2) is 0 Å². The van der Waals surface area contributed by atoms with Crippen molar-refractivity contribution in [2.45, 2.75) is 13.0 Å². The van der Waals surface area contributed by atoms with Gasteiger partial charge in [0.05, 0.1) is 11.6 Å². The average molecular weight is 351 g/mol. The highest BCUT2D eigenvalue weighted by atomic mass is 16.2. The van der Waals surface area contributed by atoms with Gasteiger partial charge in [-0.25, -0.2) is 4.68 Å². The van der Waals surface area contributed by atoms with Crippen LogP contribution in [0.3, 0.4) is 0 Å². The molecule has 2 heterocycles. The van der Waals surface area contributed by atoms with Crippen molar-refractivity contribution < 1.29 is 4.79 Å². The van der Waals surface area contributed by atoms with E-state index < -0.39 is 0 Å². The van der Waals surface area contributed by atoms with Crippen LogP contribution in [0.15, 0.2) is 41.2 Å². The van der Waals surface area contributed by atoms with Crippen molar-refractivity contribution in [2.75, 3.05) is 26.2 Å². The fraction of sp³-hybridized carbons (Fsp3) is 0.368. The van der Waals surface area contributed by atoms with E-state index in [0.29, 0.717) is 24.3 Å². The van der Waals surface area contributed by atoms with Crippen LogP contribution in [0, 0.1) is 11.3 Å². The summed E-state index contributed by atoms with van der Waals surface area (Å²) >= 11 is 0. The van der Waals surface area contributed by atoms with Gasteiger partial charge in [0.25, 0.3) is 11.5 Å². The fourth-order valence-electron chi connectivity index (χ4n) is 3.05. The van der Waals surface area contributed by atoms with Gasteiger partial charge in [0, 0.05) is 45.8 Å². The summed E-state index contributed by atoms with van der Waals surface area (Å²) in [6.07, 6.45) is 0.883. The van der Waals surface area contributed by atoms with Crippen molar-refractivity contribution in [3.63, 3.8) is 0 Å². The quantitative estimate of drug-likeness (QED) is 0.824. The summed E-state index contributed by atoms with van der Waals surface area (Å²) in [5, 5.41) is 12.9.